The van der Waals surface area contributed by atoms with Gasteiger partial charge in [0.15, 0.2) is 23.0 Å². The van der Waals surface area contributed by atoms with Gasteiger partial charge in [0.1, 0.15) is 24.2 Å². The van der Waals surface area contributed by atoms with E-state index in [1.165, 1.54) is 38.2 Å². The van der Waals surface area contributed by atoms with Crippen molar-refractivity contribution in [3.8, 4) is 23.0 Å². The third kappa shape index (κ3) is 13.7. The number of rotatable bonds is 21. The SMILES string of the molecule is CCOC(=O)[C@H](CCc1ccccc1)N[C@@H](C)C(=O)N1Cc2cc(OC)c(OC)cc2C[C@H]1C(=O)O.COc1cc2c(cc1OC)CN(C(=O)[C@H](C)N[C@@H](CCc1ccccc1)C(=O)O)[C@H](C(=O)O)C2. The van der Waals surface area contributed by atoms with Gasteiger partial charge in [0.05, 0.1) is 47.1 Å². The molecule has 2 heterocycles. The van der Waals surface area contributed by atoms with E-state index in [9.17, 15) is 44.1 Å². The number of benzene rings is 4. The van der Waals surface area contributed by atoms with E-state index in [0.717, 1.165) is 33.4 Å². The molecule has 4 aromatic rings. The second-order valence-electron chi connectivity index (χ2n) is 17.0. The highest BCUT2D eigenvalue weighted by Gasteiger charge is 2.40. The number of carbonyl (C=O) groups is 6. The zero-order chi connectivity index (χ0) is 51.1. The number of nitrogens with zero attached hydrogens (tertiary/aromatic N) is 2. The van der Waals surface area contributed by atoms with Crippen LogP contribution in [0.5, 0.6) is 23.0 Å². The second kappa shape index (κ2) is 25.4. The van der Waals surface area contributed by atoms with Crippen LogP contribution in [0, 0.1) is 0 Å². The highest BCUT2D eigenvalue weighted by molar-refractivity contribution is 5.89. The van der Waals surface area contributed by atoms with E-state index < -0.39 is 71.9 Å². The molecule has 2 aliphatic heterocycles. The summed E-state index contributed by atoms with van der Waals surface area (Å²) in [6, 6.07) is 20.7. The average molecular weight is 969 g/mol. The van der Waals surface area contributed by atoms with Crippen molar-refractivity contribution in [1.82, 2.24) is 20.4 Å². The molecule has 0 saturated carbocycles. The Labute approximate surface area is 407 Å². The summed E-state index contributed by atoms with van der Waals surface area (Å²) in [6.07, 6.45) is 2.12. The smallest absolute Gasteiger partial charge is 0.326 e. The monoisotopic (exact) mass is 968 g/mol. The van der Waals surface area contributed by atoms with Gasteiger partial charge in [-0.2, -0.15) is 0 Å². The van der Waals surface area contributed by atoms with Crippen molar-refractivity contribution in [2.75, 3.05) is 35.0 Å². The van der Waals surface area contributed by atoms with E-state index in [0.29, 0.717) is 48.7 Å². The van der Waals surface area contributed by atoms with Crippen molar-refractivity contribution >= 4 is 35.7 Å². The van der Waals surface area contributed by atoms with Gasteiger partial charge in [-0.15, -0.1) is 0 Å². The molecular formula is C52H64N4O14. The number of amides is 2. The van der Waals surface area contributed by atoms with Crippen LogP contribution in [0.4, 0.5) is 0 Å². The van der Waals surface area contributed by atoms with Gasteiger partial charge in [-0.25, -0.2) is 9.59 Å². The minimum atomic E-state index is -1.13. The minimum Gasteiger partial charge on any atom is -0.493 e. The van der Waals surface area contributed by atoms with Crippen LogP contribution in [0.3, 0.4) is 0 Å². The molecule has 6 rings (SSSR count). The van der Waals surface area contributed by atoms with Crippen molar-refractivity contribution in [3.63, 3.8) is 0 Å². The Bertz CT molecular complexity index is 2450. The summed E-state index contributed by atoms with van der Waals surface area (Å²) in [7, 11) is 6.04. The molecule has 0 aromatic heterocycles. The summed E-state index contributed by atoms with van der Waals surface area (Å²) in [4.78, 5) is 78.0. The fourth-order valence-corrected chi connectivity index (χ4v) is 8.67. The van der Waals surface area contributed by atoms with Gasteiger partial charge < -0.3 is 48.8 Å². The molecule has 0 bridgehead atoms. The molecule has 70 heavy (non-hydrogen) atoms. The summed E-state index contributed by atoms with van der Waals surface area (Å²) in [5.41, 5.74) is 5.16. The van der Waals surface area contributed by atoms with Gasteiger partial charge in [-0.05, 0) is 104 Å². The Morgan fingerprint density at radius 2 is 0.929 bits per heavy atom. The van der Waals surface area contributed by atoms with Gasteiger partial charge in [0, 0.05) is 25.9 Å². The highest BCUT2D eigenvalue weighted by atomic mass is 16.5. The molecule has 2 aliphatic rings. The maximum Gasteiger partial charge on any atom is 0.326 e. The molecule has 0 saturated heterocycles. The van der Waals surface area contributed by atoms with E-state index in [1.807, 2.05) is 60.7 Å². The quantitative estimate of drug-likeness (QED) is 0.0712. The normalized spacial score (nSPS) is 16.6. The summed E-state index contributed by atoms with van der Waals surface area (Å²) < 4.78 is 26.6. The first-order chi connectivity index (χ1) is 33.5. The second-order valence-corrected chi connectivity index (χ2v) is 17.0. The summed E-state index contributed by atoms with van der Waals surface area (Å²) in [5, 5.41) is 35.3. The maximum atomic E-state index is 13.5. The fraction of sp³-hybridized carbons (Fsp3) is 0.423. The molecule has 376 valence electrons. The molecule has 2 amide bonds. The highest BCUT2D eigenvalue weighted by Crippen LogP contribution is 2.36. The topological polar surface area (TPSA) is 240 Å². The van der Waals surface area contributed by atoms with Gasteiger partial charge >= 0.3 is 23.9 Å². The lowest BCUT2D eigenvalue weighted by Gasteiger charge is -2.37. The number of carboxylic acids is 3. The molecule has 4 aromatic carbocycles. The number of nitrogens with one attached hydrogen (secondary N) is 2. The average Bonchev–Trinajstić information content (AvgIpc) is 3.36. The Morgan fingerprint density at radius 1 is 0.571 bits per heavy atom. The first-order valence-electron chi connectivity index (χ1n) is 23.1. The minimum absolute atomic E-state index is 0.0687. The number of methoxy groups -OCH3 is 4. The molecular weight excluding hydrogens is 905 g/mol. The number of hydrogen-bond donors (Lipinski definition) is 5. The number of fused-ring (bicyclic) bond motifs is 2. The number of hydrogen-bond acceptors (Lipinski definition) is 13. The van der Waals surface area contributed by atoms with E-state index in [-0.39, 0.29) is 32.5 Å². The fourth-order valence-electron chi connectivity index (χ4n) is 8.67. The number of aryl methyl sites for hydroxylation is 2. The van der Waals surface area contributed by atoms with Crippen LogP contribution in [-0.4, -0.2) is 132 Å². The number of carboxylic acid groups (broad SMARTS) is 3. The first kappa shape index (κ1) is 53.8. The van der Waals surface area contributed by atoms with E-state index in [4.69, 9.17) is 23.7 Å². The van der Waals surface area contributed by atoms with Crippen molar-refractivity contribution in [3.05, 3.63) is 118 Å². The van der Waals surface area contributed by atoms with Crippen LogP contribution < -0.4 is 29.6 Å². The number of esters is 1. The summed E-state index contributed by atoms with van der Waals surface area (Å²) in [5.74, 6) is -2.62. The Balaban J connectivity index is 0.000000261. The molecule has 0 radical (unpaired) electrons. The number of ether oxygens (including phenoxy) is 5. The van der Waals surface area contributed by atoms with Crippen LogP contribution in [0.2, 0.25) is 0 Å². The van der Waals surface area contributed by atoms with Crippen LogP contribution in [0.25, 0.3) is 0 Å². The number of carbonyl (C=O) groups excluding carboxylic acids is 3. The van der Waals surface area contributed by atoms with Crippen molar-refractivity contribution in [2.24, 2.45) is 0 Å². The molecule has 0 unspecified atom stereocenters. The lowest BCUT2D eigenvalue weighted by molar-refractivity contribution is -0.153. The molecule has 18 nitrogen and oxygen atoms in total. The van der Waals surface area contributed by atoms with Crippen molar-refractivity contribution in [2.45, 2.75) is 109 Å². The van der Waals surface area contributed by atoms with Crippen LogP contribution >= 0.6 is 0 Å². The van der Waals surface area contributed by atoms with Gasteiger partial charge in [0.2, 0.25) is 11.8 Å². The predicted molar refractivity (Wildman–Crippen MR) is 257 cm³/mol. The van der Waals surface area contributed by atoms with Crippen molar-refractivity contribution < 1.29 is 67.8 Å². The summed E-state index contributed by atoms with van der Waals surface area (Å²) >= 11 is 0. The van der Waals surface area contributed by atoms with Crippen LogP contribution in [0.15, 0.2) is 84.9 Å². The lowest BCUT2D eigenvalue weighted by Crippen LogP contribution is -2.56. The zero-order valence-electron chi connectivity index (χ0n) is 40.6. The third-order valence-electron chi connectivity index (χ3n) is 12.4. The Hall–Kier alpha value is -7.18. The first-order valence-corrected chi connectivity index (χ1v) is 23.1. The molecule has 6 atom stereocenters. The molecule has 18 heteroatoms. The third-order valence-corrected chi connectivity index (χ3v) is 12.4. The van der Waals surface area contributed by atoms with E-state index in [1.54, 1.807) is 45.0 Å². The maximum absolute atomic E-state index is 13.5. The van der Waals surface area contributed by atoms with Crippen LogP contribution in [-0.2, 0) is 72.3 Å². The van der Waals surface area contributed by atoms with Gasteiger partial charge in [-0.3, -0.25) is 29.8 Å². The summed E-state index contributed by atoms with van der Waals surface area (Å²) in [6.45, 7) is 5.32. The Kier molecular flexibility index (Phi) is 19.5. The molecule has 0 spiro atoms. The molecule has 5 N–H and O–H groups in total. The molecule has 0 aliphatic carbocycles. The van der Waals surface area contributed by atoms with Gasteiger partial charge in [-0.1, -0.05) is 60.7 Å². The zero-order valence-corrected chi connectivity index (χ0v) is 40.6. The van der Waals surface area contributed by atoms with Gasteiger partial charge in [0.25, 0.3) is 0 Å². The lowest BCUT2D eigenvalue weighted by atomic mass is 9.92. The van der Waals surface area contributed by atoms with Crippen molar-refractivity contribution in [1.29, 1.82) is 0 Å². The predicted octanol–water partition coefficient (Wildman–Crippen LogP) is 4.69. The molecule has 0 fully saturated rings. The Morgan fingerprint density at radius 3 is 1.27 bits per heavy atom. The van der Waals surface area contributed by atoms with E-state index >= 15 is 0 Å². The van der Waals surface area contributed by atoms with E-state index in [2.05, 4.69) is 10.6 Å². The standard InChI is InChI=1S/C27H34N2O7.C25H30N2O7/c1-5-36-27(33)21(12-11-18-9-7-6-8-10-18)28-17(2)25(30)29-16-20-15-24(35-4)23(34-3)14-19(20)13-22(29)26(31)32;1-15(26-19(24(29)30)10-9-16-7-5-4-6-8-16)23(28)27-14-18-13-22(34-3)21(33-2)12-17(18)11-20(27)25(31)32/h6-10,14-15,17,21-22,28H,5,11-13,16H2,1-4H3,(H,31,32);4-8,12-13,15,19-20,26H,9-11,14H2,1-3H3,(H,29,30)(H,31,32)/t17-,21-,22-;15-,19-,20-/m00/s1. The van der Waals surface area contributed by atoms with Crippen LogP contribution in [0.1, 0.15) is 67.0 Å². The number of aliphatic carboxylic acids is 3. The largest absolute Gasteiger partial charge is 0.493 e.